The molecule has 0 aliphatic heterocycles. The number of hydrogen-bond donors (Lipinski definition) is 1. The standard InChI is InChI=1S/C15H25N3/c1-12-5-3-7-14(9-12)18(2)11-15-13(10-16)6-4-8-17-15/h4,6,8,12,14H,3,5,7,9-11,16H2,1-2H3. The average Bonchev–Trinajstić information content (AvgIpc) is 2.39. The molecule has 1 aromatic rings. The van der Waals surface area contributed by atoms with E-state index >= 15 is 0 Å². The molecule has 1 aromatic heterocycles. The van der Waals surface area contributed by atoms with Gasteiger partial charge in [-0.25, -0.2) is 0 Å². The van der Waals surface area contributed by atoms with Crippen LogP contribution in [0.3, 0.4) is 0 Å². The van der Waals surface area contributed by atoms with E-state index in [1.54, 1.807) is 0 Å². The Morgan fingerprint density at radius 3 is 3.00 bits per heavy atom. The van der Waals surface area contributed by atoms with Crippen LogP contribution in [0.25, 0.3) is 0 Å². The normalized spacial score (nSPS) is 24.4. The van der Waals surface area contributed by atoms with Gasteiger partial charge in [-0.2, -0.15) is 0 Å². The van der Waals surface area contributed by atoms with Crippen molar-refractivity contribution in [3.8, 4) is 0 Å². The van der Waals surface area contributed by atoms with E-state index in [4.69, 9.17) is 5.73 Å². The molecule has 3 heteroatoms. The Balaban J connectivity index is 1.99. The predicted octanol–water partition coefficient (Wildman–Crippen LogP) is 2.55. The molecule has 2 unspecified atom stereocenters. The SMILES string of the molecule is CC1CCCC(N(C)Cc2ncccc2CN)C1. The smallest absolute Gasteiger partial charge is 0.0588 e. The summed E-state index contributed by atoms with van der Waals surface area (Å²) in [6, 6.07) is 4.76. The van der Waals surface area contributed by atoms with Crippen molar-refractivity contribution in [3.63, 3.8) is 0 Å². The van der Waals surface area contributed by atoms with Crippen LogP contribution >= 0.6 is 0 Å². The molecule has 2 N–H and O–H groups in total. The van der Waals surface area contributed by atoms with Gasteiger partial charge < -0.3 is 5.73 Å². The Kier molecular flexibility index (Phi) is 4.72. The molecular weight excluding hydrogens is 222 g/mol. The fourth-order valence-corrected chi connectivity index (χ4v) is 2.97. The maximum Gasteiger partial charge on any atom is 0.0588 e. The highest BCUT2D eigenvalue weighted by Crippen LogP contribution is 2.27. The minimum absolute atomic E-state index is 0.581. The monoisotopic (exact) mass is 247 g/mol. The van der Waals surface area contributed by atoms with Gasteiger partial charge in [0, 0.05) is 25.3 Å². The molecule has 2 atom stereocenters. The van der Waals surface area contributed by atoms with Gasteiger partial charge in [0.05, 0.1) is 5.69 Å². The van der Waals surface area contributed by atoms with E-state index < -0.39 is 0 Å². The van der Waals surface area contributed by atoms with Gasteiger partial charge >= 0.3 is 0 Å². The fourth-order valence-electron chi connectivity index (χ4n) is 2.97. The molecule has 0 aromatic carbocycles. The predicted molar refractivity (Wildman–Crippen MR) is 75.0 cm³/mol. The third kappa shape index (κ3) is 3.30. The lowest BCUT2D eigenvalue weighted by Gasteiger charge is -2.34. The van der Waals surface area contributed by atoms with Gasteiger partial charge in [-0.3, -0.25) is 9.88 Å². The van der Waals surface area contributed by atoms with E-state index in [0.717, 1.165) is 18.2 Å². The first kappa shape index (κ1) is 13.5. The summed E-state index contributed by atoms with van der Waals surface area (Å²) >= 11 is 0. The molecule has 1 fully saturated rings. The van der Waals surface area contributed by atoms with Crippen LogP contribution in [0.4, 0.5) is 0 Å². The first-order chi connectivity index (χ1) is 8.70. The lowest BCUT2D eigenvalue weighted by Crippen LogP contribution is -2.35. The zero-order chi connectivity index (χ0) is 13.0. The van der Waals surface area contributed by atoms with Crippen LogP contribution in [-0.4, -0.2) is 23.0 Å². The summed E-state index contributed by atoms with van der Waals surface area (Å²) in [7, 11) is 2.22. The molecule has 1 aliphatic rings. The van der Waals surface area contributed by atoms with Crippen molar-refractivity contribution in [2.24, 2.45) is 11.7 Å². The van der Waals surface area contributed by atoms with E-state index in [-0.39, 0.29) is 0 Å². The largest absolute Gasteiger partial charge is 0.326 e. The minimum atomic E-state index is 0.581. The van der Waals surface area contributed by atoms with Crippen molar-refractivity contribution >= 4 is 0 Å². The highest BCUT2D eigenvalue weighted by molar-refractivity contribution is 5.19. The quantitative estimate of drug-likeness (QED) is 0.889. The van der Waals surface area contributed by atoms with Crippen molar-refractivity contribution in [2.75, 3.05) is 7.05 Å². The van der Waals surface area contributed by atoms with Gasteiger partial charge in [0.1, 0.15) is 0 Å². The van der Waals surface area contributed by atoms with Gasteiger partial charge in [0.25, 0.3) is 0 Å². The number of nitrogens with zero attached hydrogens (tertiary/aromatic N) is 2. The Morgan fingerprint density at radius 2 is 2.28 bits per heavy atom. The molecule has 0 saturated heterocycles. The zero-order valence-corrected chi connectivity index (χ0v) is 11.6. The van der Waals surface area contributed by atoms with Gasteiger partial charge in [-0.15, -0.1) is 0 Å². The highest BCUT2D eigenvalue weighted by atomic mass is 15.1. The molecule has 100 valence electrons. The lowest BCUT2D eigenvalue weighted by atomic mass is 9.86. The lowest BCUT2D eigenvalue weighted by molar-refractivity contribution is 0.156. The molecule has 2 rings (SSSR count). The summed E-state index contributed by atoms with van der Waals surface area (Å²) in [5.74, 6) is 0.865. The van der Waals surface area contributed by atoms with Crippen LogP contribution in [0.2, 0.25) is 0 Å². The molecule has 0 spiro atoms. The fraction of sp³-hybridized carbons (Fsp3) is 0.667. The molecule has 0 bridgehead atoms. The number of pyridine rings is 1. The van der Waals surface area contributed by atoms with Crippen molar-refractivity contribution < 1.29 is 0 Å². The van der Waals surface area contributed by atoms with E-state index in [1.165, 1.54) is 31.2 Å². The van der Waals surface area contributed by atoms with Crippen LogP contribution in [0.15, 0.2) is 18.3 Å². The molecule has 3 nitrogen and oxygen atoms in total. The van der Waals surface area contributed by atoms with E-state index in [0.29, 0.717) is 12.6 Å². The van der Waals surface area contributed by atoms with Gasteiger partial charge in [0.2, 0.25) is 0 Å². The Labute approximate surface area is 110 Å². The molecule has 1 aliphatic carbocycles. The van der Waals surface area contributed by atoms with Crippen molar-refractivity contribution in [3.05, 3.63) is 29.6 Å². The second-order valence-electron chi connectivity index (χ2n) is 5.65. The van der Waals surface area contributed by atoms with Crippen LogP contribution in [0.1, 0.15) is 43.9 Å². The summed E-state index contributed by atoms with van der Waals surface area (Å²) in [6.07, 6.45) is 7.27. The molecule has 0 amide bonds. The van der Waals surface area contributed by atoms with Crippen molar-refractivity contribution in [1.29, 1.82) is 0 Å². The molecule has 1 saturated carbocycles. The van der Waals surface area contributed by atoms with Crippen molar-refractivity contribution in [2.45, 2.75) is 51.7 Å². The molecule has 18 heavy (non-hydrogen) atoms. The molecular formula is C15H25N3. The van der Waals surface area contributed by atoms with Gasteiger partial charge in [-0.05, 0) is 37.4 Å². The van der Waals surface area contributed by atoms with E-state index in [9.17, 15) is 0 Å². The topological polar surface area (TPSA) is 42.2 Å². The summed E-state index contributed by atoms with van der Waals surface area (Å²) < 4.78 is 0. The van der Waals surface area contributed by atoms with Crippen LogP contribution in [0, 0.1) is 5.92 Å². The first-order valence-corrected chi connectivity index (χ1v) is 7.03. The number of rotatable bonds is 4. The average molecular weight is 247 g/mol. The molecule has 0 radical (unpaired) electrons. The highest BCUT2D eigenvalue weighted by Gasteiger charge is 2.22. The van der Waals surface area contributed by atoms with Crippen molar-refractivity contribution in [1.82, 2.24) is 9.88 Å². The zero-order valence-electron chi connectivity index (χ0n) is 11.6. The van der Waals surface area contributed by atoms with E-state index in [2.05, 4.69) is 29.9 Å². The number of hydrogen-bond acceptors (Lipinski definition) is 3. The second kappa shape index (κ2) is 6.30. The maximum absolute atomic E-state index is 5.77. The summed E-state index contributed by atoms with van der Waals surface area (Å²) in [5.41, 5.74) is 8.08. The Bertz CT molecular complexity index is 378. The second-order valence-corrected chi connectivity index (χ2v) is 5.65. The Morgan fingerprint density at radius 1 is 1.44 bits per heavy atom. The minimum Gasteiger partial charge on any atom is -0.326 e. The Hall–Kier alpha value is -0.930. The van der Waals surface area contributed by atoms with Crippen LogP contribution in [0.5, 0.6) is 0 Å². The number of nitrogens with two attached hydrogens (primary N) is 1. The number of aromatic nitrogens is 1. The maximum atomic E-state index is 5.77. The van der Waals surface area contributed by atoms with E-state index in [1.807, 2.05) is 12.3 Å². The van der Waals surface area contributed by atoms with Crippen LogP contribution < -0.4 is 5.73 Å². The molecule has 1 heterocycles. The third-order valence-electron chi connectivity index (χ3n) is 4.14. The third-order valence-corrected chi connectivity index (χ3v) is 4.14. The first-order valence-electron chi connectivity index (χ1n) is 7.03. The summed E-state index contributed by atoms with van der Waals surface area (Å²) in [5, 5.41) is 0. The van der Waals surface area contributed by atoms with Gasteiger partial charge in [-0.1, -0.05) is 25.8 Å². The summed E-state index contributed by atoms with van der Waals surface area (Å²) in [4.78, 5) is 6.94. The van der Waals surface area contributed by atoms with Crippen LogP contribution in [-0.2, 0) is 13.1 Å². The summed E-state index contributed by atoms with van der Waals surface area (Å²) in [6.45, 7) is 3.87. The van der Waals surface area contributed by atoms with Gasteiger partial charge in [0.15, 0.2) is 0 Å².